The van der Waals surface area contributed by atoms with Crippen molar-refractivity contribution in [1.82, 2.24) is 9.13 Å². The number of para-hydroxylation sites is 4. The fourth-order valence-corrected chi connectivity index (χ4v) is 8.50. The van der Waals surface area contributed by atoms with Gasteiger partial charge in [-0.3, -0.25) is 0 Å². The van der Waals surface area contributed by atoms with Crippen LogP contribution >= 0.6 is 0 Å². The van der Waals surface area contributed by atoms with Gasteiger partial charge in [0.2, 0.25) is 0 Å². The number of ether oxygens (including phenoxy) is 1. The lowest BCUT2D eigenvalue weighted by Gasteiger charge is -2.34. The molecular formula is C42H31BN2O. The smallest absolute Gasteiger partial charge is 0.256 e. The molecule has 6 aromatic carbocycles. The Labute approximate surface area is 268 Å². The summed E-state index contributed by atoms with van der Waals surface area (Å²) >= 11 is 0. The summed E-state index contributed by atoms with van der Waals surface area (Å²) in [4.78, 5) is 0. The number of fused-ring (bicyclic) bond motifs is 7. The Morgan fingerprint density at radius 1 is 0.565 bits per heavy atom. The lowest BCUT2D eigenvalue weighted by Crippen LogP contribution is -2.58. The van der Waals surface area contributed by atoms with Crippen LogP contribution in [0.15, 0.2) is 127 Å². The first-order valence-corrected chi connectivity index (χ1v) is 16.4. The maximum atomic E-state index is 6.81. The number of aryl methyl sites for hydroxylation is 1. The van der Waals surface area contributed by atoms with Crippen molar-refractivity contribution in [3.63, 3.8) is 0 Å². The summed E-state index contributed by atoms with van der Waals surface area (Å²) in [7, 11) is 0. The largest absolute Gasteiger partial charge is 0.458 e. The van der Waals surface area contributed by atoms with E-state index in [-0.39, 0.29) is 6.71 Å². The SMILES string of the molecule is CCc1c(CC)n2c3c(cccc13)B1c3ccccc3Oc3cc(-c4ccc5c(c4)c4ccccc4n5-c4ccccc4)cc-2c31. The minimum atomic E-state index is 0.135. The molecule has 0 atom stereocenters. The van der Waals surface area contributed by atoms with Gasteiger partial charge in [0.25, 0.3) is 6.71 Å². The van der Waals surface area contributed by atoms with Crippen LogP contribution in [0.1, 0.15) is 25.1 Å². The van der Waals surface area contributed by atoms with Crippen LogP contribution in [0, 0.1) is 0 Å². The van der Waals surface area contributed by atoms with Gasteiger partial charge in [0, 0.05) is 38.7 Å². The summed E-state index contributed by atoms with van der Waals surface area (Å²) in [6, 6.07) is 46.6. The van der Waals surface area contributed by atoms with E-state index < -0.39 is 0 Å². The summed E-state index contributed by atoms with van der Waals surface area (Å²) in [5.74, 6) is 1.91. The molecule has 4 heteroatoms. The second-order valence-corrected chi connectivity index (χ2v) is 12.6. The van der Waals surface area contributed by atoms with E-state index in [0.29, 0.717) is 0 Å². The van der Waals surface area contributed by atoms with Crippen molar-refractivity contribution in [2.45, 2.75) is 26.7 Å². The van der Waals surface area contributed by atoms with E-state index in [1.807, 2.05) is 0 Å². The summed E-state index contributed by atoms with van der Waals surface area (Å²) in [5, 5.41) is 3.90. The molecule has 46 heavy (non-hydrogen) atoms. The van der Waals surface area contributed by atoms with Gasteiger partial charge in [-0.25, -0.2) is 0 Å². The van der Waals surface area contributed by atoms with E-state index >= 15 is 0 Å². The van der Waals surface area contributed by atoms with Crippen molar-refractivity contribution in [3.8, 4) is 34.0 Å². The second-order valence-electron chi connectivity index (χ2n) is 12.6. The molecule has 2 aromatic heterocycles. The van der Waals surface area contributed by atoms with Crippen LogP contribution < -0.4 is 21.1 Å². The molecule has 218 valence electrons. The van der Waals surface area contributed by atoms with Crippen LogP contribution in [0.3, 0.4) is 0 Å². The van der Waals surface area contributed by atoms with Gasteiger partial charge in [0.05, 0.1) is 11.0 Å². The van der Waals surface area contributed by atoms with Crippen LogP contribution in [0.4, 0.5) is 0 Å². The molecule has 10 rings (SSSR count). The van der Waals surface area contributed by atoms with Crippen molar-refractivity contribution in [2.24, 2.45) is 0 Å². The zero-order valence-electron chi connectivity index (χ0n) is 25.9. The molecule has 3 nitrogen and oxygen atoms in total. The minimum Gasteiger partial charge on any atom is -0.458 e. The third kappa shape index (κ3) is 3.34. The van der Waals surface area contributed by atoms with Gasteiger partial charge >= 0.3 is 0 Å². The van der Waals surface area contributed by atoms with Crippen LogP contribution in [0.2, 0.25) is 0 Å². The first-order valence-electron chi connectivity index (χ1n) is 16.4. The summed E-state index contributed by atoms with van der Waals surface area (Å²) in [5.41, 5.74) is 15.3. The third-order valence-electron chi connectivity index (χ3n) is 10.4. The molecule has 4 heterocycles. The molecule has 8 aromatic rings. The van der Waals surface area contributed by atoms with Gasteiger partial charge in [-0.05, 0) is 94.5 Å². The second kappa shape index (κ2) is 9.51. The molecule has 2 aliphatic rings. The van der Waals surface area contributed by atoms with Crippen LogP contribution in [-0.4, -0.2) is 15.8 Å². The molecule has 0 fully saturated rings. The van der Waals surface area contributed by atoms with E-state index in [2.05, 4.69) is 150 Å². The Balaban J connectivity index is 1.27. The van der Waals surface area contributed by atoms with Crippen molar-refractivity contribution in [3.05, 3.63) is 139 Å². The normalized spacial score (nSPS) is 12.9. The van der Waals surface area contributed by atoms with Crippen LogP contribution in [0.5, 0.6) is 11.5 Å². The molecule has 0 saturated heterocycles. The lowest BCUT2D eigenvalue weighted by atomic mass is 9.34. The number of rotatable bonds is 4. The van der Waals surface area contributed by atoms with E-state index in [4.69, 9.17) is 4.74 Å². The predicted octanol–water partition coefficient (Wildman–Crippen LogP) is 8.45. The van der Waals surface area contributed by atoms with Crippen molar-refractivity contribution in [1.29, 1.82) is 0 Å². The Hall–Kier alpha value is -5.48. The predicted molar refractivity (Wildman–Crippen MR) is 193 cm³/mol. The molecule has 0 amide bonds. The maximum absolute atomic E-state index is 6.81. The molecule has 0 N–H and O–H groups in total. The minimum absolute atomic E-state index is 0.135. The van der Waals surface area contributed by atoms with Gasteiger partial charge in [0.1, 0.15) is 11.5 Å². The standard InChI is InChI=1S/C42H31BN2O/c1-3-29-31-16-12-18-34-42(31)45(35(29)4-2)38-24-27(25-40-41(38)43(34)33-17-9-11-20-39(33)46-40)26-21-22-37-32(23-26)30-15-8-10-19-36(30)44(37)28-13-6-5-7-14-28/h5-25H,3-4H2,1-2H3. The molecule has 0 spiro atoms. The van der Waals surface area contributed by atoms with Gasteiger partial charge in [-0.2, -0.15) is 0 Å². The maximum Gasteiger partial charge on any atom is 0.256 e. The van der Waals surface area contributed by atoms with Gasteiger partial charge < -0.3 is 13.9 Å². The number of hydrogen-bond donors (Lipinski definition) is 0. The van der Waals surface area contributed by atoms with Crippen molar-refractivity contribution < 1.29 is 4.74 Å². The average Bonchev–Trinajstić information content (AvgIpc) is 3.62. The van der Waals surface area contributed by atoms with E-state index in [9.17, 15) is 0 Å². The van der Waals surface area contributed by atoms with Gasteiger partial charge in [0.15, 0.2) is 0 Å². The molecule has 0 unspecified atom stereocenters. The third-order valence-corrected chi connectivity index (χ3v) is 10.4. The highest BCUT2D eigenvalue weighted by molar-refractivity contribution is 6.99. The Morgan fingerprint density at radius 2 is 1.33 bits per heavy atom. The summed E-state index contributed by atoms with van der Waals surface area (Å²) < 4.78 is 11.8. The van der Waals surface area contributed by atoms with Gasteiger partial charge in [-0.15, -0.1) is 0 Å². The number of nitrogens with zero attached hydrogens (tertiary/aromatic N) is 2. The Morgan fingerprint density at radius 3 is 2.20 bits per heavy atom. The van der Waals surface area contributed by atoms with E-state index in [1.165, 1.54) is 82.9 Å². The van der Waals surface area contributed by atoms with Crippen LogP contribution in [0.25, 0.3) is 55.2 Å². The number of hydrogen-bond acceptors (Lipinski definition) is 1. The highest BCUT2D eigenvalue weighted by Crippen LogP contribution is 2.40. The van der Waals surface area contributed by atoms with E-state index in [1.54, 1.807) is 0 Å². The highest BCUT2D eigenvalue weighted by atomic mass is 16.5. The van der Waals surface area contributed by atoms with E-state index in [0.717, 1.165) is 24.3 Å². The summed E-state index contributed by atoms with van der Waals surface area (Å²) in [6.45, 7) is 4.72. The first-order chi connectivity index (χ1) is 22.7. The van der Waals surface area contributed by atoms with Crippen molar-refractivity contribution >= 4 is 55.8 Å². The molecule has 0 radical (unpaired) electrons. The molecule has 0 saturated carbocycles. The zero-order valence-corrected chi connectivity index (χ0v) is 25.9. The highest BCUT2D eigenvalue weighted by Gasteiger charge is 2.41. The number of benzene rings is 6. The monoisotopic (exact) mass is 590 g/mol. The zero-order chi connectivity index (χ0) is 30.5. The Bertz CT molecular complexity index is 2540. The topological polar surface area (TPSA) is 19.1 Å². The molecular weight excluding hydrogens is 559 g/mol. The molecule has 0 aliphatic carbocycles. The fourth-order valence-electron chi connectivity index (χ4n) is 8.50. The van der Waals surface area contributed by atoms with Crippen LogP contribution in [-0.2, 0) is 12.8 Å². The molecule has 2 aliphatic heterocycles. The van der Waals surface area contributed by atoms with Gasteiger partial charge in [-0.1, -0.05) is 92.7 Å². The quantitative estimate of drug-likeness (QED) is 0.188. The molecule has 0 bridgehead atoms. The first kappa shape index (κ1) is 25.8. The lowest BCUT2D eigenvalue weighted by molar-refractivity contribution is 0.487. The van der Waals surface area contributed by atoms with Crippen molar-refractivity contribution in [2.75, 3.05) is 0 Å². The summed E-state index contributed by atoms with van der Waals surface area (Å²) in [6.07, 6.45) is 1.99. The average molecular weight is 591 g/mol. The number of aromatic nitrogens is 2. The fraction of sp³-hybridized carbons (Fsp3) is 0.0952. The Kier molecular flexibility index (Phi) is 5.34.